The maximum Gasteiger partial charge on any atom is 0.264 e. The lowest BCUT2D eigenvalue weighted by molar-refractivity contribution is -0.116. The fraction of sp³-hybridized carbons (Fsp3) is 0.188. The minimum Gasteiger partial charge on any atom is -0.492 e. The van der Waals surface area contributed by atoms with Gasteiger partial charge in [0, 0.05) is 4.47 Å². The van der Waals surface area contributed by atoms with Crippen molar-refractivity contribution in [3.63, 3.8) is 0 Å². The lowest BCUT2D eigenvalue weighted by Crippen LogP contribution is -2.38. The van der Waals surface area contributed by atoms with Crippen LogP contribution in [0.25, 0.3) is 0 Å². The summed E-state index contributed by atoms with van der Waals surface area (Å²) in [5.41, 5.74) is 5.53. The van der Waals surface area contributed by atoms with Crippen LogP contribution in [0, 0.1) is 0 Å². The first-order chi connectivity index (χ1) is 11.4. The monoisotopic (exact) mass is 412 g/mol. The topological polar surface area (TPSA) is 89.7 Å². The minimum absolute atomic E-state index is 0.0539. The average Bonchev–Trinajstić information content (AvgIpc) is 2.54. The lowest BCUT2D eigenvalue weighted by Gasteiger charge is -2.25. The van der Waals surface area contributed by atoms with Crippen LogP contribution in [0.5, 0.6) is 5.75 Å². The molecule has 0 saturated carbocycles. The average molecular weight is 413 g/mol. The quantitative estimate of drug-likeness (QED) is 0.756. The standard InChI is InChI=1S/C16H17BrN2O4S/c1-2-23-15-6-4-3-5-14(15)19(11-16(18)20)24(21,22)13-9-7-12(17)8-10-13/h3-10H,2,11H2,1H3,(H2,18,20). The molecule has 0 spiro atoms. The normalized spacial score (nSPS) is 11.1. The van der Waals surface area contributed by atoms with Gasteiger partial charge in [0.25, 0.3) is 10.0 Å². The molecule has 2 aromatic rings. The highest BCUT2D eigenvalue weighted by molar-refractivity contribution is 9.10. The van der Waals surface area contributed by atoms with Gasteiger partial charge >= 0.3 is 0 Å². The Labute approximate surface area is 149 Å². The number of primary amides is 1. The molecule has 0 heterocycles. The molecule has 24 heavy (non-hydrogen) atoms. The van der Waals surface area contributed by atoms with Crippen LogP contribution < -0.4 is 14.8 Å². The molecule has 128 valence electrons. The zero-order valence-corrected chi connectivity index (χ0v) is 15.4. The molecule has 0 aliphatic rings. The summed E-state index contributed by atoms with van der Waals surface area (Å²) >= 11 is 3.26. The van der Waals surface area contributed by atoms with Crippen molar-refractivity contribution >= 4 is 37.5 Å². The number of sulfonamides is 1. The number of carbonyl (C=O) groups excluding carboxylic acids is 1. The Morgan fingerprint density at radius 1 is 1.17 bits per heavy atom. The van der Waals surface area contributed by atoms with Crippen LogP contribution in [0.4, 0.5) is 5.69 Å². The second-order valence-electron chi connectivity index (χ2n) is 4.83. The van der Waals surface area contributed by atoms with Gasteiger partial charge in [-0.25, -0.2) is 8.42 Å². The summed E-state index contributed by atoms with van der Waals surface area (Å²) in [5.74, 6) is -0.399. The largest absolute Gasteiger partial charge is 0.492 e. The zero-order chi connectivity index (χ0) is 17.7. The number of nitrogens with two attached hydrogens (primary N) is 1. The van der Waals surface area contributed by atoms with Gasteiger partial charge in [0.2, 0.25) is 5.91 Å². The van der Waals surface area contributed by atoms with Gasteiger partial charge in [-0.15, -0.1) is 0 Å². The van der Waals surface area contributed by atoms with E-state index in [0.29, 0.717) is 12.4 Å². The van der Waals surface area contributed by atoms with E-state index in [-0.39, 0.29) is 10.6 Å². The molecule has 2 aromatic carbocycles. The summed E-state index contributed by atoms with van der Waals surface area (Å²) in [6.07, 6.45) is 0. The third kappa shape index (κ3) is 4.07. The van der Waals surface area contributed by atoms with E-state index < -0.39 is 22.5 Å². The molecule has 8 heteroatoms. The zero-order valence-electron chi connectivity index (χ0n) is 13.0. The molecular formula is C16H17BrN2O4S. The molecule has 0 atom stereocenters. The third-order valence-corrected chi connectivity index (χ3v) is 5.44. The summed E-state index contributed by atoms with van der Waals surface area (Å²) in [7, 11) is -3.98. The smallest absolute Gasteiger partial charge is 0.264 e. The van der Waals surface area contributed by atoms with Gasteiger partial charge in [-0.1, -0.05) is 28.1 Å². The number of ether oxygens (including phenoxy) is 1. The third-order valence-electron chi connectivity index (χ3n) is 3.13. The number of carbonyl (C=O) groups is 1. The summed E-state index contributed by atoms with van der Waals surface area (Å²) in [4.78, 5) is 11.5. The summed E-state index contributed by atoms with van der Waals surface area (Å²) in [6.45, 7) is 1.67. The molecule has 0 aliphatic heterocycles. The van der Waals surface area contributed by atoms with E-state index in [1.165, 1.54) is 12.1 Å². The van der Waals surface area contributed by atoms with Crippen LogP contribution in [0.3, 0.4) is 0 Å². The molecule has 0 unspecified atom stereocenters. The van der Waals surface area contributed by atoms with Gasteiger partial charge < -0.3 is 10.5 Å². The molecule has 1 amide bonds. The molecule has 0 fully saturated rings. The number of hydrogen-bond donors (Lipinski definition) is 1. The predicted molar refractivity (Wildman–Crippen MR) is 95.5 cm³/mol. The van der Waals surface area contributed by atoms with E-state index in [4.69, 9.17) is 10.5 Å². The second kappa shape index (κ2) is 7.67. The van der Waals surface area contributed by atoms with Crippen LogP contribution >= 0.6 is 15.9 Å². The van der Waals surface area contributed by atoms with Crippen LogP contribution in [-0.2, 0) is 14.8 Å². The summed E-state index contributed by atoms with van der Waals surface area (Å²) in [5, 5.41) is 0. The van der Waals surface area contributed by atoms with E-state index in [9.17, 15) is 13.2 Å². The fourth-order valence-corrected chi connectivity index (χ4v) is 3.82. The van der Waals surface area contributed by atoms with Crippen LogP contribution in [-0.4, -0.2) is 27.5 Å². The van der Waals surface area contributed by atoms with Crippen molar-refractivity contribution in [1.29, 1.82) is 0 Å². The van der Waals surface area contributed by atoms with Crippen molar-refractivity contribution < 1.29 is 17.9 Å². The van der Waals surface area contributed by atoms with Crippen molar-refractivity contribution in [2.24, 2.45) is 5.73 Å². The van der Waals surface area contributed by atoms with Gasteiger partial charge in [0.05, 0.1) is 17.2 Å². The Hall–Kier alpha value is -2.06. The van der Waals surface area contributed by atoms with Crippen LogP contribution in [0.15, 0.2) is 57.9 Å². The van der Waals surface area contributed by atoms with E-state index in [0.717, 1.165) is 8.78 Å². The molecular weight excluding hydrogens is 396 g/mol. The highest BCUT2D eigenvalue weighted by atomic mass is 79.9. The maximum absolute atomic E-state index is 13.0. The van der Waals surface area contributed by atoms with Gasteiger partial charge in [0.15, 0.2) is 0 Å². The molecule has 0 bridgehead atoms. The fourth-order valence-electron chi connectivity index (χ4n) is 2.12. The van der Waals surface area contributed by atoms with Gasteiger partial charge in [-0.3, -0.25) is 9.10 Å². The molecule has 0 aromatic heterocycles. The van der Waals surface area contributed by atoms with E-state index >= 15 is 0 Å². The maximum atomic E-state index is 13.0. The lowest BCUT2D eigenvalue weighted by atomic mass is 10.3. The van der Waals surface area contributed by atoms with Crippen molar-refractivity contribution in [2.75, 3.05) is 17.5 Å². The number of nitrogens with zero attached hydrogens (tertiary/aromatic N) is 1. The Bertz CT molecular complexity index is 822. The Morgan fingerprint density at radius 3 is 2.38 bits per heavy atom. The first-order valence-corrected chi connectivity index (χ1v) is 9.38. The van der Waals surface area contributed by atoms with Crippen molar-refractivity contribution in [2.45, 2.75) is 11.8 Å². The molecule has 0 saturated heterocycles. The Balaban J connectivity index is 2.57. The van der Waals surface area contributed by atoms with Crippen molar-refractivity contribution in [3.8, 4) is 5.75 Å². The SMILES string of the molecule is CCOc1ccccc1N(CC(N)=O)S(=O)(=O)c1ccc(Br)cc1. The van der Waals surface area contributed by atoms with E-state index in [1.54, 1.807) is 43.3 Å². The highest BCUT2D eigenvalue weighted by Gasteiger charge is 2.28. The summed E-state index contributed by atoms with van der Waals surface area (Å²) < 4.78 is 33.2. The first kappa shape index (κ1) is 18.3. The number of amides is 1. The van der Waals surface area contributed by atoms with E-state index in [2.05, 4.69) is 15.9 Å². The second-order valence-corrected chi connectivity index (χ2v) is 7.61. The minimum atomic E-state index is -3.98. The molecule has 0 aliphatic carbocycles. The summed E-state index contributed by atoms with van der Waals surface area (Å²) in [6, 6.07) is 12.8. The number of benzene rings is 2. The molecule has 2 N–H and O–H groups in total. The Kier molecular flexibility index (Phi) is 5.84. The van der Waals surface area contributed by atoms with Gasteiger partial charge in [0.1, 0.15) is 12.3 Å². The first-order valence-electron chi connectivity index (χ1n) is 7.14. The van der Waals surface area contributed by atoms with Gasteiger partial charge in [-0.05, 0) is 43.3 Å². The Morgan fingerprint density at radius 2 is 1.79 bits per heavy atom. The number of rotatable bonds is 7. The number of para-hydroxylation sites is 2. The van der Waals surface area contributed by atoms with Crippen LogP contribution in [0.1, 0.15) is 6.92 Å². The number of hydrogen-bond acceptors (Lipinski definition) is 4. The highest BCUT2D eigenvalue weighted by Crippen LogP contribution is 2.32. The van der Waals surface area contributed by atoms with Crippen LogP contribution in [0.2, 0.25) is 0 Å². The van der Waals surface area contributed by atoms with E-state index in [1.807, 2.05) is 0 Å². The molecule has 0 radical (unpaired) electrons. The molecule has 6 nitrogen and oxygen atoms in total. The van der Waals surface area contributed by atoms with Crippen molar-refractivity contribution in [1.82, 2.24) is 0 Å². The van der Waals surface area contributed by atoms with Gasteiger partial charge in [-0.2, -0.15) is 0 Å². The number of halogens is 1. The van der Waals surface area contributed by atoms with Crippen molar-refractivity contribution in [3.05, 3.63) is 53.0 Å². The molecule has 2 rings (SSSR count). The number of anilines is 1. The predicted octanol–water partition coefficient (Wildman–Crippen LogP) is 2.53.